The highest BCUT2D eigenvalue weighted by molar-refractivity contribution is 7.92. The van der Waals surface area contributed by atoms with E-state index in [1.54, 1.807) is 43.5 Å². The fourth-order valence-electron chi connectivity index (χ4n) is 5.18. The van der Waals surface area contributed by atoms with Crippen LogP contribution in [0.15, 0.2) is 65.1 Å². The molecule has 14 heteroatoms. The van der Waals surface area contributed by atoms with E-state index in [0.29, 0.717) is 41.9 Å². The van der Waals surface area contributed by atoms with Crippen molar-refractivity contribution in [3.63, 3.8) is 0 Å². The Balaban J connectivity index is 1.43. The van der Waals surface area contributed by atoms with E-state index in [2.05, 4.69) is 30.7 Å². The minimum absolute atomic E-state index is 0.0562. The second-order valence-electron chi connectivity index (χ2n) is 10.8. The van der Waals surface area contributed by atoms with Crippen molar-refractivity contribution in [3.05, 3.63) is 71.3 Å². The summed E-state index contributed by atoms with van der Waals surface area (Å²) in [6.07, 6.45) is 4.33. The molecule has 0 radical (unpaired) electrons. The van der Waals surface area contributed by atoms with Crippen molar-refractivity contribution in [1.82, 2.24) is 10.3 Å². The summed E-state index contributed by atoms with van der Waals surface area (Å²) in [4.78, 5) is 31.2. The van der Waals surface area contributed by atoms with E-state index in [-0.39, 0.29) is 22.5 Å². The van der Waals surface area contributed by atoms with E-state index < -0.39 is 39.9 Å². The smallest absolute Gasteiger partial charge is 0.249 e. The highest BCUT2D eigenvalue weighted by atomic mass is 35.5. The summed E-state index contributed by atoms with van der Waals surface area (Å²) in [6.45, 7) is 3.54. The normalized spacial score (nSPS) is 22.2. The van der Waals surface area contributed by atoms with Crippen LogP contribution < -0.4 is 20.4 Å². The van der Waals surface area contributed by atoms with Gasteiger partial charge >= 0.3 is 0 Å². The highest BCUT2D eigenvalue weighted by Gasteiger charge is 2.37. The summed E-state index contributed by atoms with van der Waals surface area (Å²) in [6, 6.07) is 11.1. The third-order valence-corrected chi connectivity index (χ3v) is 8.38. The topological polar surface area (TPSA) is 145 Å². The average molecular weight is 628 g/mol. The van der Waals surface area contributed by atoms with Crippen LogP contribution in [0.3, 0.4) is 0 Å². The Morgan fingerprint density at radius 1 is 1.14 bits per heavy atom. The number of fused-ring (bicyclic) bond motifs is 4. The predicted octanol–water partition coefficient (Wildman–Crippen LogP) is 5.47. The van der Waals surface area contributed by atoms with Gasteiger partial charge in [0.1, 0.15) is 0 Å². The number of amides is 2. The number of rotatable bonds is 5. The van der Waals surface area contributed by atoms with Gasteiger partial charge in [0.05, 0.1) is 46.1 Å². The molecule has 1 aromatic heterocycles. The molecular weight excluding hydrogens is 597 g/mol. The molecule has 2 aliphatic heterocycles. The van der Waals surface area contributed by atoms with E-state index >= 15 is 0 Å². The molecule has 3 heterocycles. The molecular formula is C29H31ClFN7O4S. The zero-order valence-corrected chi connectivity index (χ0v) is 25.3. The summed E-state index contributed by atoms with van der Waals surface area (Å²) in [5, 5.41) is 15.5. The summed E-state index contributed by atoms with van der Waals surface area (Å²) in [5.41, 5.74) is 2.86. The standard InChI is InChI=1S/C29H31ClFN7O4S/c1-16-6-4-8-22(33-29(40)27-17(2)38(37-35-27)25-9-5-7-21(30)26(25)31)24-14-18(12-13-32-24)20-11-10-19(36-43(3,41)42)15-23(20)34-28(16)39/h5,7,9-17,22,27,36H,4,6,8H2,1-3H3,(H,33,40)(H,34,39). The van der Waals surface area contributed by atoms with Gasteiger partial charge in [-0.05, 0) is 61.7 Å². The van der Waals surface area contributed by atoms with E-state index in [9.17, 15) is 22.4 Å². The average Bonchev–Trinajstić information content (AvgIpc) is 3.33. The van der Waals surface area contributed by atoms with Crippen LogP contribution in [-0.2, 0) is 19.6 Å². The molecule has 5 rings (SSSR count). The number of aromatic nitrogens is 1. The Bertz CT molecular complexity index is 1700. The van der Waals surface area contributed by atoms with Crippen LogP contribution >= 0.6 is 11.6 Å². The monoisotopic (exact) mass is 627 g/mol. The van der Waals surface area contributed by atoms with Gasteiger partial charge in [0.15, 0.2) is 11.9 Å². The van der Waals surface area contributed by atoms with Gasteiger partial charge < -0.3 is 10.6 Å². The van der Waals surface area contributed by atoms with Gasteiger partial charge in [-0.3, -0.25) is 19.3 Å². The van der Waals surface area contributed by atoms with Crippen LogP contribution in [0, 0.1) is 11.7 Å². The Labute approximate surface area is 254 Å². The lowest BCUT2D eigenvalue weighted by molar-refractivity contribution is -0.123. The predicted molar refractivity (Wildman–Crippen MR) is 163 cm³/mol. The fourth-order valence-corrected chi connectivity index (χ4v) is 5.91. The number of carbonyl (C=O) groups excluding carboxylic acids is 2. The Kier molecular flexibility index (Phi) is 8.65. The van der Waals surface area contributed by atoms with Gasteiger partial charge in [-0.2, -0.15) is 5.11 Å². The summed E-state index contributed by atoms with van der Waals surface area (Å²) < 4.78 is 40.8. The van der Waals surface area contributed by atoms with Crippen LogP contribution in [0.1, 0.15) is 44.8 Å². The number of anilines is 3. The van der Waals surface area contributed by atoms with Crippen LogP contribution in [-0.4, -0.2) is 43.6 Å². The highest BCUT2D eigenvalue weighted by Crippen LogP contribution is 2.35. The van der Waals surface area contributed by atoms with Crippen molar-refractivity contribution in [2.45, 2.75) is 51.2 Å². The minimum Gasteiger partial charge on any atom is -0.346 e. The van der Waals surface area contributed by atoms with E-state index in [0.717, 1.165) is 11.8 Å². The fraction of sp³-hybridized carbons (Fsp3) is 0.345. The van der Waals surface area contributed by atoms with Crippen molar-refractivity contribution in [1.29, 1.82) is 0 Å². The number of hydrogen-bond acceptors (Lipinski definition) is 8. The second-order valence-corrected chi connectivity index (χ2v) is 12.9. The first kappa shape index (κ1) is 30.4. The summed E-state index contributed by atoms with van der Waals surface area (Å²) in [7, 11) is -3.53. The first-order chi connectivity index (χ1) is 20.4. The lowest BCUT2D eigenvalue weighted by Crippen LogP contribution is -2.44. The van der Waals surface area contributed by atoms with Crippen molar-refractivity contribution in [2.75, 3.05) is 21.3 Å². The number of benzene rings is 2. The molecule has 2 amide bonds. The maximum Gasteiger partial charge on any atom is 0.249 e. The van der Waals surface area contributed by atoms with Crippen molar-refractivity contribution >= 4 is 50.5 Å². The molecule has 2 bridgehead atoms. The molecule has 3 N–H and O–H groups in total. The minimum atomic E-state index is -3.53. The zero-order valence-electron chi connectivity index (χ0n) is 23.7. The molecule has 4 atom stereocenters. The summed E-state index contributed by atoms with van der Waals surface area (Å²) in [5.74, 6) is -1.60. The number of hydrogen-bond donors (Lipinski definition) is 3. The van der Waals surface area contributed by atoms with Crippen molar-refractivity contribution < 1.29 is 22.4 Å². The van der Waals surface area contributed by atoms with Crippen LogP contribution in [0.2, 0.25) is 5.02 Å². The van der Waals surface area contributed by atoms with Crippen LogP contribution in [0.4, 0.5) is 21.5 Å². The molecule has 0 aliphatic carbocycles. The van der Waals surface area contributed by atoms with Crippen molar-refractivity contribution in [3.8, 4) is 11.1 Å². The molecule has 0 fully saturated rings. The number of sulfonamides is 1. The second kappa shape index (κ2) is 12.3. The number of carbonyl (C=O) groups is 2. The molecule has 0 saturated heterocycles. The molecule has 2 aliphatic rings. The Morgan fingerprint density at radius 3 is 2.70 bits per heavy atom. The van der Waals surface area contributed by atoms with E-state index in [1.165, 1.54) is 17.1 Å². The maximum atomic E-state index is 14.7. The molecule has 3 aromatic rings. The molecule has 4 unspecified atom stereocenters. The van der Waals surface area contributed by atoms with Gasteiger partial charge in [-0.15, -0.1) is 0 Å². The quantitative estimate of drug-likeness (QED) is 0.342. The first-order valence-corrected chi connectivity index (χ1v) is 16.0. The van der Waals surface area contributed by atoms with Gasteiger partial charge in [-0.1, -0.05) is 42.3 Å². The van der Waals surface area contributed by atoms with E-state index in [4.69, 9.17) is 11.6 Å². The van der Waals surface area contributed by atoms with Gasteiger partial charge in [0.2, 0.25) is 21.8 Å². The number of nitrogens with one attached hydrogen (secondary N) is 3. The first-order valence-electron chi connectivity index (χ1n) is 13.7. The molecule has 0 spiro atoms. The van der Waals surface area contributed by atoms with Gasteiger partial charge in [0.25, 0.3) is 0 Å². The molecule has 11 nitrogen and oxygen atoms in total. The number of halogens is 2. The number of nitrogens with zero attached hydrogens (tertiary/aromatic N) is 4. The van der Waals surface area contributed by atoms with E-state index in [1.807, 2.05) is 13.0 Å². The SMILES string of the molecule is CC1CCCC(NC(=O)C2N=NN(c3cccc(Cl)c3F)C2C)c2cc(ccn2)-c2ccc(NS(C)(=O)=O)cc2NC1=O. The Morgan fingerprint density at radius 2 is 1.93 bits per heavy atom. The molecule has 226 valence electrons. The Hall–Kier alpha value is -4.10. The molecule has 2 aromatic carbocycles. The lowest BCUT2D eigenvalue weighted by atomic mass is 9.95. The molecule has 0 saturated carbocycles. The van der Waals surface area contributed by atoms with Gasteiger partial charge in [0, 0.05) is 17.7 Å². The largest absolute Gasteiger partial charge is 0.346 e. The van der Waals surface area contributed by atoms with Crippen LogP contribution in [0.25, 0.3) is 11.1 Å². The molecule has 43 heavy (non-hydrogen) atoms. The van der Waals surface area contributed by atoms with Gasteiger partial charge in [-0.25, -0.2) is 17.8 Å². The van der Waals surface area contributed by atoms with Crippen molar-refractivity contribution in [2.24, 2.45) is 16.3 Å². The summed E-state index contributed by atoms with van der Waals surface area (Å²) >= 11 is 5.95. The third kappa shape index (κ3) is 6.78. The third-order valence-electron chi connectivity index (χ3n) is 7.49. The zero-order chi connectivity index (χ0) is 30.9. The van der Waals surface area contributed by atoms with Crippen LogP contribution in [0.5, 0.6) is 0 Å². The number of pyridine rings is 1. The maximum absolute atomic E-state index is 14.7. The lowest BCUT2D eigenvalue weighted by Gasteiger charge is -2.25.